The molecule has 2 N–H and O–H groups in total. The molecule has 3 nitrogen and oxygen atoms in total. The molecule has 0 fully saturated rings. The second-order valence-electron chi connectivity index (χ2n) is 3.98. The maximum atomic E-state index is 13.1. The van der Waals surface area contributed by atoms with Crippen molar-refractivity contribution < 1.29 is 4.39 Å². The molecule has 17 heavy (non-hydrogen) atoms. The van der Waals surface area contributed by atoms with E-state index in [1.807, 2.05) is 13.8 Å². The Kier molecular flexibility index (Phi) is 3.17. The van der Waals surface area contributed by atoms with Gasteiger partial charge in [0, 0.05) is 17.3 Å². The van der Waals surface area contributed by atoms with Crippen LogP contribution in [-0.2, 0) is 0 Å². The Morgan fingerprint density at radius 1 is 1.47 bits per heavy atom. The zero-order valence-corrected chi connectivity index (χ0v) is 10.4. The van der Waals surface area contributed by atoms with E-state index in [1.54, 1.807) is 23.0 Å². The molecule has 1 aromatic heterocycles. The van der Waals surface area contributed by atoms with Crippen molar-refractivity contribution in [3.63, 3.8) is 0 Å². The first-order chi connectivity index (χ1) is 8.00. The summed E-state index contributed by atoms with van der Waals surface area (Å²) < 4.78 is 14.8. The Morgan fingerprint density at radius 2 is 2.18 bits per heavy atom. The van der Waals surface area contributed by atoms with E-state index >= 15 is 0 Å². The van der Waals surface area contributed by atoms with Gasteiger partial charge in [0.05, 0.1) is 16.9 Å². The highest BCUT2D eigenvalue weighted by molar-refractivity contribution is 6.30. The van der Waals surface area contributed by atoms with Crippen molar-refractivity contribution in [1.29, 1.82) is 0 Å². The van der Waals surface area contributed by atoms with Crippen molar-refractivity contribution in [3.05, 3.63) is 46.5 Å². The van der Waals surface area contributed by atoms with E-state index < -0.39 is 5.82 Å². The molecule has 0 radical (unpaired) electrons. The molecule has 0 aliphatic rings. The maximum absolute atomic E-state index is 13.1. The molecule has 1 heterocycles. The summed E-state index contributed by atoms with van der Waals surface area (Å²) in [7, 11) is 0. The van der Waals surface area contributed by atoms with Crippen LogP contribution in [0.4, 0.5) is 4.39 Å². The molecular weight excluding hydrogens is 241 g/mol. The highest BCUT2D eigenvalue weighted by atomic mass is 35.5. The largest absolute Gasteiger partial charge is 0.324 e. The fraction of sp³-hybridized carbons (Fsp3) is 0.250. The highest BCUT2D eigenvalue weighted by Gasteiger charge is 2.12. The Labute approximate surface area is 104 Å². The van der Waals surface area contributed by atoms with Gasteiger partial charge in [0.1, 0.15) is 5.82 Å². The van der Waals surface area contributed by atoms with Gasteiger partial charge in [0.25, 0.3) is 0 Å². The average molecular weight is 254 g/mol. The lowest BCUT2D eigenvalue weighted by Gasteiger charge is -2.08. The fourth-order valence-electron chi connectivity index (χ4n) is 1.75. The van der Waals surface area contributed by atoms with Gasteiger partial charge < -0.3 is 5.73 Å². The summed E-state index contributed by atoms with van der Waals surface area (Å²) in [6.45, 7) is 3.81. The molecule has 1 aromatic carbocycles. The van der Waals surface area contributed by atoms with E-state index in [0.717, 1.165) is 16.9 Å². The second-order valence-corrected chi connectivity index (χ2v) is 4.39. The van der Waals surface area contributed by atoms with Crippen LogP contribution in [-0.4, -0.2) is 9.78 Å². The Bertz CT molecular complexity index is 549. The number of nitrogens with two attached hydrogens (primary N) is 1. The van der Waals surface area contributed by atoms with E-state index in [2.05, 4.69) is 5.10 Å². The lowest BCUT2D eigenvalue weighted by atomic mass is 10.1. The lowest BCUT2D eigenvalue weighted by molar-refractivity contribution is 0.627. The monoisotopic (exact) mass is 253 g/mol. The van der Waals surface area contributed by atoms with Gasteiger partial charge in [-0.05, 0) is 32.0 Å². The third-order valence-corrected chi connectivity index (χ3v) is 2.98. The van der Waals surface area contributed by atoms with E-state index in [9.17, 15) is 4.39 Å². The maximum Gasteiger partial charge on any atom is 0.141 e. The predicted molar refractivity (Wildman–Crippen MR) is 65.9 cm³/mol. The standard InChI is InChI=1S/C12H13ClFN3/c1-7(15)10-6-16-17(8(10)2)9-3-4-12(14)11(13)5-9/h3-7H,15H2,1-2H3. The van der Waals surface area contributed by atoms with Gasteiger partial charge in [0.15, 0.2) is 0 Å². The van der Waals surface area contributed by atoms with Crippen LogP contribution in [0.3, 0.4) is 0 Å². The molecule has 0 amide bonds. The summed E-state index contributed by atoms with van der Waals surface area (Å²) >= 11 is 5.74. The summed E-state index contributed by atoms with van der Waals surface area (Å²) in [5.41, 5.74) is 8.44. The summed E-state index contributed by atoms with van der Waals surface area (Å²) in [5, 5.41) is 4.32. The molecule has 1 atom stereocenters. The molecule has 1 unspecified atom stereocenters. The number of rotatable bonds is 2. The summed E-state index contributed by atoms with van der Waals surface area (Å²) in [4.78, 5) is 0. The number of halogens is 2. The zero-order chi connectivity index (χ0) is 12.6. The average Bonchev–Trinajstić information content (AvgIpc) is 2.64. The zero-order valence-electron chi connectivity index (χ0n) is 9.61. The molecule has 90 valence electrons. The fourth-order valence-corrected chi connectivity index (χ4v) is 1.92. The van der Waals surface area contributed by atoms with Gasteiger partial charge >= 0.3 is 0 Å². The smallest absolute Gasteiger partial charge is 0.141 e. The van der Waals surface area contributed by atoms with Gasteiger partial charge in [0.2, 0.25) is 0 Å². The van der Waals surface area contributed by atoms with Crippen LogP contribution in [0.2, 0.25) is 5.02 Å². The molecule has 0 aliphatic heterocycles. The first kappa shape index (κ1) is 12.1. The van der Waals surface area contributed by atoms with Gasteiger partial charge in [-0.1, -0.05) is 11.6 Å². The van der Waals surface area contributed by atoms with Crippen LogP contribution in [0.15, 0.2) is 24.4 Å². The van der Waals surface area contributed by atoms with Crippen LogP contribution < -0.4 is 5.73 Å². The topological polar surface area (TPSA) is 43.8 Å². The first-order valence-corrected chi connectivity index (χ1v) is 5.64. The van der Waals surface area contributed by atoms with Gasteiger partial charge in [-0.25, -0.2) is 9.07 Å². The molecule has 2 aromatic rings. The number of benzene rings is 1. The molecule has 0 saturated carbocycles. The minimum absolute atomic E-state index is 0.0831. The molecule has 0 bridgehead atoms. The molecule has 5 heteroatoms. The summed E-state index contributed by atoms with van der Waals surface area (Å²) in [6, 6.07) is 4.41. The van der Waals surface area contributed by atoms with Crippen molar-refractivity contribution >= 4 is 11.6 Å². The van der Waals surface area contributed by atoms with E-state index in [1.165, 1.54) is 6.07 Å². The Hall–Kier alpha value is -1.39. The first-order valence-electron chi connectivity index (χ1n) is 5.26. The van der Waals surface area contributed by atoms with Gasteiger partial charge in [-0.2, -0.15) is 5.10 Å². The van der Waals surface area contributed by atoms with Crippen molar-refractivity contribution in [2.75, 3.05) is 0 Å². The van der Waals surface area contributed by atoms with E-state index in [-0.39, 0.29) is 11.1 Å². The summed E-state index contributed by atoms with van der Waals surface area (Å²) in [6.07, 6.45) is 1.72. The highest BCUT2D eigenvalue weighted by Crippen LogP contribution is 2.22. The SMILES string of the molecule is Cc1c(C(C)N)cnn1-c1ccc(F)c(Cl)c1. The second kappa shape index (κ2) is 4.47. The summed E-state index contributed by atoms with van der Waals surface area (Å²) in [5.74, 6) is -0.437. The molecular formula is C12H13ClFN3. The number of hydrogen-bond donors (Lipinski definition) is 1. The van der Waals surface area contributed by atoms with Crippen LogP contribution in [0.5, 0.6) is 0 Å². The molecule has 0 aliphatic carbocycles. The minimum atomic E-state index is -0.437. The Morgan fingerprint density at radius 3 is 2.71 bits per heavy atom. The van der Waals surface area contributed by atoms with E-state index in [4.69, 9.17) is 17.3 Å². The van der Waals surface area contributed by atoms with Gasteiger partial charge in [-0.3, -0.25) is 0 Å². The van der Waals surface area contributed by atoms with E-state index in [0.29, 0.717) is 0 Å². The third kappa shape index (κ3) is 2.18. The van der Waals surface area contributed by atoms with Crippen molar-refractivity contribution in [2.24, 2.45) is 5.73 Å². The number of nitrogens with zero attached hydrogens (tertiary/aromatic N) is 2. The van der Waals surface area contributed by atoms with Crippen LogP contribution in [0, 0.1) is 12.7 Å². The van der Waals surface area contributed by atoms with Crippen LogP contribution >= 0.6 is 11.6 Å². The minimum Gasteiger partial charge on any atom is -0.324 e. The Balaban J connectivity index is 2.50. The van der Waals surface area contributed by atoms with Crippen molar-refractivity contribution in [2.45, 2.75) is 19.9 Å². The molecule has 0 spiro atoms. The third-order valence-electron chi connectivity index (χ3n) is 2.69. The number of aromatic nitrogens is 2. The molecule has 2 rings (SSSR count). The predicted octanol–water partition coefficient (Wildman–Crippen LogP) is 2.99. The van der Waals surface area contributed by atoms with Crippen molar-refractivity contribution in [1.82, 2.24) is 9.78 Å². The quantitative estimate of drug-likeness (QED) is 0.894. The lowest BCUT2D eigenvalue weighted by Crippen LogP contribution is -2.07. The van der Waals surface area contributed by atoms with Gasteiger partial charge in [-0.15, -0.1) is 0 Å². The van der Waals surface area contributed by atoms with Crippen molar-refractivity contribution in [3.8, 4) is 5.69 Å². The normalized spacial score (nSPS) is 12.8. The van der Waals surface area contributed by atoms with Crippen LogP contribution in [0.1, 0.15) is 24.2 Å². The van der Waals surface area contributed by atoms with Crippen LogP contribution in [0.25, 0.3) is 5.69 Å². The molecule has 0 saturated heterocycles. The number of hydrogen-bond acceptors (Lipinski definition) is 2.